The van der Waals surface area contributed by atoms with E-state index in [9.17, 15) is 0 Å². The highest BCUT2D eigenvalue weighted by molar-refractivity contribution is 8.03. The Balaban J connectivity index is 3.68. The van der Waals surface area contributed by atoms with Crippen LogP contribution in [0.25, 0.3) is 0 Å². The lowest BCUT2D eigenvalue weighted by atomic mass is 10.1. The molecule has 0 atom stereocenters. The van der Waals surface area contributed by atoms with E-state index in [-0.39, 0.29) is 0 Å². The second kappa shape index (κ2) is 9.16. The summed E-state index contributed by atoms with van der Waals surface area (Å²) < 4.78 is 0. The van der Waals surface area contributed by atoms with Crippen LogP contribution in [0.1, 0.15) is 32.6 Å². The van der Waals surface area contributed by atoms with E-state index in [0.717, 1.165) is 30.2 Å². The maximum Gasteiger partial charge on any atom is 0.133 e. The van der Waals surface area contributed by atoms with Gasteiger partial charge in [-0.05, 0) is 24.6 Å². The first-order valence-corrected chi connectivity index (χ1v) is 5.43. The largest absolute Gasteiger partial charge is 0.193 e. The van der Waals surface area contributed by atoms with Crippen molar-refractivity contribution >= 4 is 11.8 Å². The molecule has 0 aliphatic heterocycles. The number of allylic oxidation sites excluding steroid dienone is 1. The predicted molar refractivity (Wildman–Crippen MR) is 55.9 cm³/mol. The van der Waals surface area contributed by atoms with Gasteiger partial charge >= 0.3 is 0 Å². The van der Waals surface area contributed by atoms with Crippen LogP contribution in [0, 0.1) is 22.0 Å². The molecule has 0 saturated heterocycles. The minimum atomic E-state index is 0.527. The van der Waals surface area contributed by atoms with E-state index >= 15 is 0 Å². The molecule has 0 aliphatic carbocycles. The van der Waals surface area contributed by atoms with E-state index in [1.165, 1.54) is 12.8 Å². The summed E-state index contributed by atoms with van der Waals surface area (Å²) in [6.45, 7) is 2.15. The summed E-state index contributed by atoms with van der Waals surface area (Å²) in [6.07, 6.45) is 6.45. The molecule has 0 amide bonds. The number of nitrogens with zero attached hydrogens (tertiary/aromatic N) is 2. The highest BCUT2D eigenvalue weighted by Gasteiger charge is 1.94. The molecule has 0 aromatic rings. The normalized spacial score (nSPS) is 10.5. The van der Waals surface area contributed by atoms with E-state index in [1.807, 2.05) is 11.5 Å². The van der Waals surface area contributed by atoms with Crippen molar-refractivity contribution in [1.82, 2.24) is 0 Å². The fourth-order valence-electron chi connectivity index (χ4n) is 0.918. The Morgan fingerprint density at radius 3 is 2.69 bits per heavy atom. The van der Waals surface area contributed by atoms with Crippen LogP contribution in [0.2, 0.25) is 0 Å². The third-order valence-electron chi connectivity index (χ3n) is 1.63. The van der Waals surface area contributed by atoms with Gasteiger partial charge in [-0.1, -0.05) is 25.8 Å². The third kappa shape index (κ3) is 7.43. The number of thioether (sulfide) groups is 1. The van der Waals surface area contributed by atoms with Gasteiger partial charge in [0.2, 0.25) is 0 Å². The zero-order valence-electron chi connectivity index (χ0n) is 7.92. The summed E-state index contributed by atoms with van der Waals surface area (Å²) in [5.41, 5.74) is 0.725. The first kappa shape index (κ1) is 12.1. The molecule has 0 aromatic heterocycles. The summed E-state index contributed by atoms with van der Waals surface area (Å²) in [5, 5.41) is 18.9. The van der Waals surface area contributed by atoms with Crippen molar-refractivity contribution in [3.05, 3.63) is 11.6 Å². The molecule has 3 heteroatoms. The first-order valence-electron chi connectivity index (χ1n) is 4.45. The molecule has 0 spiro atoms. The van der Waals surface area contributed by atoms with Crippen molar-refractivity contribution < 1.29 is 0 Å². The predicted octanol–water partition coefficient (Wildman–Crippen LogP) is 3.23. The van der Waals surface area contributed by atoms with Crippen LogP contribution in [-0.4, -0.2) is 5.75 Å². The second-order valence-electron chi connectivity index (χ2n) is 2.72. The van der Waals surface area contributed by atoms with Gasteiger partial charge in [0, 0.05) is 11.3 Å². The van der Waals surface area contributed by atoms with E-state index < -0.39 is 0 Å². The van der Waals surface area contributed by atoms with Gasteiger partial charge in [0.05, 0.1) is 6.07 Å². The van der Waals surface area contributed by atoms with Crippen molar-refractivity contribution in [2.45, 2.75) is 32.6 Å². The molecule has 70 valence electrons. The first-order chi connectivity index (χ1) is 6.35. The van der Waals surface area contributed by atoms with Gasteiger partial charge < -0.3 is 0 Å². The van der Waals surface area contributed by atoms with Crippen LogP contribution in [0.5, 0.6) is 0 Å². The number of rotatable bonds is 6. The summed E-state index contributed by atoms with van der Waals surface area (Å²) in [4.78, 5) is 0. The molecule has 0 fully saturated rings. The Hall–Kier alpha value is -0.930. The minimum absolute atomic E-state index is 0.527. The molecule has 2 nitrogen and oxygen atoms in total. The molecule has 0 aliphatic rings. The molecule has 13 heavy (non-hydrogen) atoms. The van der Waals surface area contributed by atoms with E-state index in [2.05, 4.69) is 13.0 Å². The van der Waals surface area contributed by atoms with Gasteiger partial charge in [-0.25, -0.2) is 0 Å². The number of thiocyanates is 1. The van der Waals surface area contributed by atoms with Crippen molar-refractivity contribution in [3.8, 4) is 11.5 Å². The molecule has 0 saturated carbocycles. The van der Waals surface area contributed by atoms with Crippen LogP contribution >= 0.6 is 11.8 Å². The Morgan fingerprint density at radius 1 is 1.38 bits per heavy atom. The van der Waals surface area contributed by atoms with E-state index in [1.54, 1.807) is 0 Å². The van der Waals surface area contributed by atoms with Gasteiger partial charge in [0.15, 0.2) is 0 Å². The van der Waals surface area contributed by atoms with E-state index in [0.29, 0.717) is 5.75 Å². The number of hydrogen-bond acceptors (Lipinski definition) is 3. The zero-order chi connectivity index (χ0) is 9.94. The lowest BCUT2D eigenvalue weighted by Gasteiger charge is -1.94. The highest BCUT2D eigenvalue weighted by Crippen LogP contribution is 2.08. The van der Waals surface area contributed by atoms with Crippen LogP contribution in [0.3, 0.4) is 0 Å². The maximum atomic E-state index is 8.67. The topological polar surface area (TPSA) is 47.6 Å². The van der Waals surface area contributed by atoms with Crippen molar-refractivity contribution in [2.75, 3.05) is 5.75 Å². The van der Waals surface area contributed by atoms with Crippen LogP contribution < -0.4 is 0 Å². The van der Waals surface area contributed by atoms with Gasteiger partial charge in [-0.15, -0.1) is 0 Å². The van der Waals surface area contributed by atoms with E-state index in [4.69, 9.17) is 10.5 Å². The average molecular weight is 194 g/mol. The Labute approximate surface area is 84.2 Å². The number of unbranched alkanes of at least 4 members (excludes halogenated alkanes) is 3. The minimum Gasteiger partial charge on any atom is -0.193 e. The molecule has 0 N–H and O–H groups in total. The summed E-state index contributed by atoms with van der Waals surface area (Å²) in [7, 11) is 0. The lowest BCUT2D eigenvalue weighted by molar-refractivity contribution is 0.728. The highest BCUT2D eigenvalue weighted by atomic mass is 32.2. The standard InChI is InChI=1S/C10H14N2S/c1-2-3-4-5-6-10(7-11)8-13-9-12/h6H,2-5,8H2,1H3/b10-6+. The van der Waals surface area contributed by atoms with Gasteiger partial charge in [-0.2, -0.15) is 10.5 Å². The Morgan fingerprint density at radius 2 is 2.15 bits per heavy atom. The van der Waals surface area contributed by atoms with Gasteiger partial charge in [0.25, 0.3) is 0 Å². The van der Waals surface area contributed by atoms with Crippen molar-refractivity contribution in [2.24, 2.45) is 0 Å². The SMILES string of the molecule is CCCCC/C=C(\C#N)CSC#N. The third-order valence-corrected chi connectivity index (χ3v) is 2.22. The number of nitriles is 2. The maximum absolute atomic E-state index is 8.67. The summed E-state index contributed by atoms with van der Waals surface area (Å²) >= 11 is 1.12. The second-order valence-corrected chi connectivity index (χ2v) is 3.48. The van der Waals surface area contributed by atoms with Crippen LogP contribution in [-0.2, 0) is 0 Å². The van der Waals surface area contributed by atoms with Gasteiger partial charge in [-0.3, -0.25) is 0 Å². The van der Waals surface area contributed by atoms with Gasteiger partial charge in [0.1, 0.15) is 5.40 Å². The lowest BCUT2D eigenvalue weighted by Crippen LogP contribution is -1.83. The fourth-order valence-corrected chi connectivity index (χ4v) is 1.32. The number of hydrogen-bond donors (Lipinski definition) is 0. The molecular weight excluding hydrogens is 180 g/mol. The molecule has 0 aromatic carbocycles. The summed E-state index contributed by atoms with van der Waals surface area (Å²) in [5.74, 6) is 0.527. The Kier molecular flexibility index (Phi) is 8.51. The molecule has 0 unspecified atom stereocenters. The van der Waals surface area contributed by atoms with Crippen LogP contribution in [0.4, 0.5) is 0 Å². The quantitative estimate of drug-likeness (QED) is 0.370. The fraction of sp³-hybridized carbons (Fsp3) is 0.600. The summed E-state index contributed by atoms with van der Waals surface area (Å²) in [6, 6.07) is 2.10. The zero-order valence-corrected chi connectivity index (χ0v) is 8.73. The molecule has 0 bridgehead atoms. The van der Waals surface area contributed by atoms with Crippen LogP contribution in [0.15, 0.2) is 11.6 Å². The average Bonchev–Trinajstić information content (AvgIpc) is 2.17. The van der Waals surface area contributed by atoms with Crippen molar-refractivity contribution in [3.63, 3.8) is 0 Å². The molecule has 0 rings (SSSR count). The molecule has 0 radical (unpaired) electrons. The molecular formula is C10H14N2S. The monoisotopic (exact) mass is 194 g/mol. The van der Waals surface area contributed by atoms with Crippen molar-refractivity contribution in [1.29, 1.82) is 10.5 Å². The Bertz CT molecular complexity index is 232. The smallest absolute Gasteiger partial charge is 0.133 e. The molecule has 0 heterocycles.